The topological polar surface area (TPSA) is 88.5 Å². The number of Topliss-reactive ketones (excluding diaryl/α,β-unsaturated/α-hetero) is 1. The Bertz CT molecular complexity index is 1090. The number of amides is 1. The lowest BCUT2D eigenvalue weighted by molar-refractivity contribution is -0.140. The van der Waals surface area contributed by atoms with Crippen molar-refractivity contribution in [1.82, 2.24) is 9.80 Å². The normalized spacial score (nSPS) is 19.8. The number of likely N-dealkylation sites (tertiary alicyclic amines) is 1. The van der Waals surface area contributed by atoms with E-state index in [2.05, 4.69) is 4.90 Å². The molecule has 1 N–H and O–H groups in total. The number of aliphatic hydroxyl groups excluding tert-OH is 1. The van der Waals surface area contributed by atoms with E-state index in [4.69, 9.17) is 14.2 Å². The molecular weight excluding hydrogens is 472 g/mol. The van der Waals surface area contributed by atoms with Crippen LogP contribution in [0.2, 0.25) is 0 Å². The molecule has 0 aliphatic carbocycles. The van der Waals surface area contributed by atoms with E-state index in [0.29, 0.717) is 56.5 Å². The Morgan fingerprint density at radius 2 is 1.59 bits per heavy atom. The lowest BCUT2D eigenvalue weighted by atomic mass is 9.95. The number of morpholine rings is 1. The van der Waals surface area contributed by atoms with Crippen molar-refractivity contribution in [2.75, 3.05) is 52.6 Å². The second kappa shape index (κ2) is 12.7. The van der Waals surface area contributed by atoms with Crippen molar-refractivity contribution in [1.29, 1.82) is 0 Å². The molecule has 2 aliphatic heterocycles. The maximum absolute atomic E-state index is 13.3. The van der Waals surface area contributed by atoms with Crippen molar-refractivity contribution in [3.8, 4) is 11.5 Å². The zero-order chi connectivity index (χ0) is 26.2. The first kappa shape index (κ1) is 26.7. The monoisotopic (exact) mass is 508 g/mol. The van der Waals surface area contributed by atoms with Gasteiger partial charge in [-0.2, -0.15) is 0 Å². The minimum Gasteiger partial charge on any atom is -0.507 e. The average molecular weight is 509 g/mol. The van der Waals surface area contributed by atoms with Gasteiger partial charge in [0.25, 0.3) is 11.7 Å². The van der Waals surface area contributed by atoms with Crippen LogP contribution in [-0.2, 0) is 14.3 Å². The first-order chi connectivity index (χ1) is 18.0. The van der Waals surface area contributed by atoms with Gasteiger partial charge in [0.15, 0.2) is 0 Å². The lowest BCUT2D eigenvalue weighted by Gasteiger charge is -2.29. The van der Waals surface area contributed by atoms with Gasteiger partial charge in [0.1, 0.15) is 17.3 Å². The molecule has 8 heteroatoms. The third-order valence-corrected chi connectivity index (χ3v) is 6.62. The molecule has 2 aliphatic rings. The molecule has 0 aromatic heterocycles. The molecule has 2 heterocycles. The summed E-state index contributed by atoms with van der Waals surface area (Å²) in [6.45, 7) is 9.42. The van der Waals surface area contributed by atoms with Crippen molar-refractivity contribution in [2.24, 2.45) is 0 Å². The fourth-order valence-electron chi connectivity index (χ4n) is 4.74. The van der Waals surface area contributed by atoms with Crippen LogP contribution in [0.1, 0.15) is 43.9 Å². The van der Waals surface area contributed by atoms with E-state index in [1.807, 2.05) is 38.1 Å². The molecular formula is C29H36N2O6. The minimum absolute atomic E-state index is 0.0998. The molecule has 37 heavy (non-hydrogen) atoms. The van der Waals surface area contributed by atoms with Gasteiger partial charge >= 0.3 is 0 Å². The number of benzene rings is 2. The van der Waals surface area contributed by atoms with Gasteiger partial charge in [-0.15, -0.1) is 0 Å². The summed E-state index contributed by atoms with van der Waals surface area (Å²) in [6.07, 6.45) is 1.60. The van der Waals surface area contributed by atoms with Gasteiger partial charge in [0.2, 0.25) is 0 Å². The second-order valence-electron chi connectivity index (χ2n) is 9.17. The van der Waals surface area contributed by atoms with Gasteiger partial charge < -0.3 is 24.2 Å². The number of carbonyl (C=O) groups excluding carboxylic acids is 2. The summed E-state index contributed by atoms with van der Waals surface area (Å²) >= 11 is 0. The third kappa shape index (κ3) is 6.32. The van der Waals surface area contributed by atoms with Crippen LogP contribution in [0.4, 0.5) is 0 Å². The standard InChI is InChI=1S/C29H36N2O6/c1-3-18-37-24-12-8-22(9-13-24)27(32)25-26(21-6-10-23(11-7-21)36-4-2)31(29(34)28(25)33)15-5-14-30-16-19-35-20-17-30/h6-13,26,32H,3-5,14-20H2,1-2H3/b27-25+. The molecule has 2 aromatic rings. The number of ether oxygens (including phenoxy) is 3. The Morgan fingerprint density at radius 3 is 2.24 bits per heavy atom. The SMILES string of the molecule is CCCOc1ccc(/C(O)=C2\C(=O)C(=O)N(CCCN3CCOCC3)C2c2ccc(OCC)cc2)cc1. The quantitative estimate of drug-likeness (QED) is 0.279. The number of ketones is 1. The van der Waals surface area contributed by atoms with Crippen LogP contribution < -0.4 is 9.47 Å². The second-order valence-corrected chi connectivity index (χ2v) is 9.17. The minimum atomic E-state index is -0.684. The van der Waals surface area contributed by atoms with E-state index in [9.17, 15) is 14.7 Å². The van der Waals surface area contributed by atoms with E-state index in [1.165, 1.54) is 0 Å². The van der Waals surface area contributed by atoms with Gasteiger partial charge in [-0.05, 0) is 61.7 Å². The van der Waals surface area contributed by atoms with Crippen molar-refractivity contribution in [3.63, 3.8) is 0 Å². The van der Waals surface area contributed by atoms with E-state index in [-0.39, 0.29) is 11.3 Å². The molecule has 4 rings (SSSR count). The molecule has 0 saturated carbocycles. The molecule has 0 spiro atoms. The molecule has 2 fully saturated rings. The first-order valence-electron chi connectivity index (χ1n) is 13.1. The Balaban J connectivity index is 1.63. The molecule has 2 saturated heterocycles. The molecule has 198 valence electrons. The van der Waals surface area contributed by atoms with Crippen LogP contribution in [0, 0.1) is 0 Å². The number of hydrogen-bond donors (Lipinski definition) is 1. The largest absolute Gasteiger partial charge is 0.507 e. The number of carbonyl (C=O) groups is 2. The van der Waals surface area contributed by atoms with Crippen molar-refractivity contribution >= 4 is 17.4 Å². The van der Waals surface area contributed by atoms with Gasteiger partial charge in [-0.25, -0.2) is 0 Å². The Labute approximate surface area is 218 Å². The molecule has 1 atom stereocenters. The highest BCUT2D eigenvalue weighted by Gasteiger charge is 2.45. The van der Waals surface area contributed by atoms with Crippen molar-refractivity contribution < 1.29 is 28.9 Å². The zero-order valence-corrected chi connectivity index (χ0v) is 21.7. The molecule has 0 radical (unpaired) electrons. The van der Waals surface area contributed by atoms with Crippen LogP contribution in [0.5, 0.6) is 11.5 Å². The summed E-state index contributed by atoms with van der Waals surface area (Å²) in [5.41, 5.74) is 1.31. The predicted octanol–water partition coefficient (Wildman–Crippen LogP) is 4.02. The summed E-state index contributed by atoms with van der Waals surface area (Å²) in [5.74, 6) is -0.0578. The highest BCUT2D eigenvalue weighted by atomic mass is 16.5. The number of nitrogens with zero attached hydrogens (tertiary/aromatic N) is 2. The number of aliphatic hydroxyl groups is 1. The van der Waals surface area contributed by atoms with E-state index in [0.717, 1.165) is 31.6 Å². The van der Waals surface area contributed by atoms with E-state index < -0.39 is 17.7 Å². The van der Waals surface area contributed by atoms with Crippen LogP contribution in [0.15, 0.2) is 54.1 Å². The predicted molar refractivity (Wildman–Crippen MR) is 141 cm³/mol. The van der Waals surface area contributed by atoms with Crippen LogP contribution in [0.25, 0.3) is 5.76 Å². The summed E-state index contributed by atoms with van der Waals surface area (Å²) in [6, 6.07) is 13.6. The van der Waals surface area contributed by atoms with Crippen molar-refractivity contribution in [2.45, 2.75) is 32.7 Å². The molecule has 1 amide bonds. The third-order valence-electron chi connectivity index (χ3n) is 6.62. The van der Waals surface area contributed by atoms with Crippen LogP contribution in [-0.4, -0.2) is 79.2 Å². The number of rotatable bonds is 11. The smallest absolute Gasteiger partial charge is 0.295 e. The highest BCUT2D eigenvalue weighted by molar-refractivity contribution is 6.46. The first-order valence-corrected chi connectivity index (χ1v) is 13.1. The Kier molecular flexibility index (Phi) is 9.19. The molecule has 8 nitrogen and oxygen atoms in total. The Morgan fingerprint density at radius 1 is 0.946 bits per heavy atom. The van der Waals surface area contributed by atoms with Gasteiger partial charge in [0, 0.05) is 31.7 Å². The highest BCUT2D eigenvalue weighted by Crippen LogP contribution is 2.40. The van der Waals surface area contributed by atoms with Gasteiger partial charge in [0.05, 0.1) is 38.0 Å². The number of hydrogen-bond acceptors (Lipinski definition) is 7. The average Bonchev–Trinajstić information content (AvgIpc) is 3.18. The zero-order valence-electron chi connectivity index (χ0n) is 21.7. The summed E-state index contributed by atoms with van der Waals surface area (Å²) in [7, 11) is 0. The maximum atomic E-state index is 13.3. The Hall–Kier alpha value is -3.36. The van der Waals surface area contributed by atoms with Crippen molar-refractivity contribution in [3.05, 3.63) is 65.2 Å². The fourth-order valence-corrected chi connectivity index (χ4v) is 4.74. The summed E-state index contributed by atoms with van der Waals surface area (Å²) in [4.78, 5) is 30.4. The lowest BCUT2D eigenvalue weighted by Crippen LogP contribution is -2.38. The van der Waals surface area contributed by atoms with E-state index >= 15 is 0 Å². The van der Waals surface area contributed by atoms with Crippen LogP contribution >= 0.6 is 0 Å². The molecule has 0 bridgehead atoms. The summed E-state index contributed by atoms with van der Waals surface area (Å²) < 4.78 is 16.6. The summed E-state index contributed by atoms with van der Waals surface area (Å²) in [5, 5.41) is 11.3. The fraction of sp³-hybridized carbons (Fsp3) is 0.448. The molecule has 1 unspecified atom stereocenters. The van der Waals surface area contributed by atoms with Gasteiger partial charge in [-0.3, -0.25) is 14.5 Å². The van der Waals surface area contributed by atoms with Gasteiger partial charge in [-0.1, -0.05) is 19.1 Å². The molecule has 2 aromatic carbocycles. The van der Waals surface area contributed by atoms with E-state index in [1.54, 1.807) is 29.2 Å². The van der Waals surface area contributed by atoms with Crippen LogP contribution in [0.3, 0.4) is 0 Å². The maximum Gasteiger partial charge on any atom is 0.295 e.